The number of aromatic nitrogens is 1. The SMILES string of the molecule is CCC(C)Nc1cc2c(nc1C#N)COC(C)(C)C2. The normalized spacial score (nSPS) is 18.3. The Morgan fingerprint density at radius 3 is 2.95 bits per heavy atom. The first-order valence-corrected chi connectivity index (χ1v) is 6.78. The zero-order chi connectivity index (χ0) is 14.0. The molecule has 0 aromatic carbocycles. The van der Waals surface area contributed by atoms with Crippen molar-refractivity contribution in [1.29, 1.82) is 5.26 Å². The lowest BCUT2D eigenvalue weighted by Gasteiger charge is -2.31. The topological polar surface area (TPSA) is 57.9 Å². The van der Waals surface area contributed by atoms with Gasteiger partial charge in [-0.1, -0.05) is 6.92 Å². The summed E-state index contributed by atoms with van der Waals surface area (Å²) in [5.41, 5.74) is 3.22. The molecule has 4 heteroatoms. The molecule has 1 aromatic rings. The summed E-state index contributed by atoms with van der Waals surface area (Å²) in [6.45, 7) is 8.87. The van der Waals surface area contributed by atoms with Gasteiger partial charge in [-0.15, -0.1) is 0 Å². The van der Waals surface area contributed by atoms with Crippen LogP contribution in [-0.2, 0) is 17.8 Å². The fourth-order valence-corrected chi connectivity index (χ4v) is 2.21. The van der Waals surface area contributed by atoms with Gasteiger partial charge in [0.2, 0.25) is 0 Å². The number of nitrogens with zero attached hydrogens (tertiary/aromatic N) is 2. The average Bonchev–Trinajstić information content (AvgIpc) is 2.36. The number of anilines is 1. The van der Waals surface area contributed by atoms with Crippen molar-refractivity contribution in [1.82, 2.24) is 4.98 Å². The Morgan fingerprint density at radius 1 is 1.58 bits per heavy atom. The summed E-state index contributed by atoms with van der Waals surface area (Å²) in [5.74, 6) is 0. The van der Waals surface area contributed by atoms with Crippen molar-refractivity contribution < 1.29 is 4.74 Å². The number of hydrogen-bond acceptors (Lipinski definition) is 4. The Labute approximate surface area is 114 Å². The van der Waals surface area contributed by atoms with E-state index < -0.39 is 0 Å². The van der Waals surface area contributed by atoms with Crippen molar-refractivity contribution in [3.05, 3.63) is 23.0 Å². The van der Waals surface area contributed by atoms with Gasteiger partial charge in [-0.05, 0) is 38.8 Å². The summed E-state index contributed by atoms with van der Waals surface area (Å²) in [7, 11) is 0. The van der Waals surface area contributed by atoms with E-state index in [4.69, 9.17) is 4.74 Å². The standard InChI is InChI=1S/C15H21N3O/c1-5-10(2)17-12-6-11-7-15(3,4)19-9-14(11)18-13(12)8-16/h6,10,17H,5,7,9H2,1-4H3. The molecule has 1 aromatic heterocycles. The second-order valence-electron chi connectivity index (χ2n) is 5.78. The van der Waals surface area contributed by atoms with Crippen LogP contribution in [0, 0.1) is 11.3 Å². The maximum atomic E-state index is 9.21. The molecule has 1 aliphatic rings. The number of fused-ring (bicyclic) bond motifs is 1. The molecule has 2 rings (SSSR count). The molecule has 0 spiro atoms. The minimum atomic E-state index is -0.156. The molecular formula is C15H21N3O. The molecular weight excluding hydrogens is 238 g/mol. The largest absolute Gasteiger partial charge is 0.380 e. The van der Waals surface area contributed by atoms with Crippen molar-refractivity contribution in [3.8, 4) is 6.07 Å². The van der Waals surface area contributed by atoms with Gasteiger partial charge in [0.05, 0.1) is 23.6 Å². The lowest BCUT2D eigenvalue weighted by atomic mass is 9.94. The third kappa shape index (κ3) is 3.05. The molecule has 0 aliphatic carbocycles. The van der Waals surface area contributed by atoms with Crippen LogP contribution in [0.4, 0.5) is 5.69 Å². The first-order chi connectivity index (χ1) is 8.95. The van der Waals surface area contributed by atoms with E-state index in [9.17, 15) is 5.26 Å². The van der Waals surface area contributed by atoms with Crippen LogP contribution in [0.15, 0.2) is 6.07 Å². The predicted molar refractivity (Wildman–Crippen MR) is 74.9 cm³/mol. The smallest absolute Gasteiger partial charge is 0.163 e. The Morgan fingerprint density at radius 2 is 2.32 bits per heavy atom. The molecule has 0 bridgehead atoms. The van der Waals surface area contributed by atoms with Crippen molar-refractivity contribution >= 4 is 5.69 Å². The monoisotopic (exact) mass is 259 g/mol. The lowest BCUT2D eigenvalue weighted by molar-refractivity contribution is -0.0420. The van der Waals surface area contributed by atoms with Crippen molar-refractivity contribution in [2.45, 2.75) is 58.8 Å². The van der Waals surface area contributed by atoms with Crippen LogP contribution in [0.5, 0.6) is 0 Å². The van der Waals surface area contributed by atoms with Crippen LogP contribution >= 0.6 is 0 Å². The molecule has 0 radical (unpaired) electrons. The molecule has 4 nitrogen and oxygen atoms in total. The Bertz CT molecular complexity index is 517. The molecule has 0 amide bonds. The van der Waals surface area contributed by atoms with Gasteiger partial charge in [-0.25, -0.2) is 4.98 Å². The van der Waals surface area contributed by atoms with Crippen molar-refractivity contribution in [2.24, 2.45) is 0 Å². The van der Waals surface area contributed by atoms with Crippen LogP contribution in [0.3, 0.4) is 0 Å². The van der Waals surface area contributed by atoms with E-state index in [-0.39, 0.29) is 5.60 Å². The third-order valence-electron chi connectivity index (χ3n) is 3.53. The van der Waals surface area contributed by atoms with Gasteiger partial charge in [-0.3, -0.25) is 0 Å². The Hall–Kier alpha value is -1.60. The molecule has 2 heterocycles. The quantitative estimate of drug-likeness (QED) is 0.906. The number of rotatable bonds is 3. The molecule has 1 N–H and O–H groups in total. The molecule has 1 unspecified atom stereocenters. The number of pyridine rings is 1. The maximum absolute atomic E-state index is 9.21. The average molecular weight is 259 g/mol. The van der Waals surface area contributed by atoms with E-state index in [2.05, 4.69) is 50.1 Å². The van der Waals surface area contributed by atoms with Gasteiger partial charge in [0, 0.05) is 12.5 Å². The van der Waals surface area contributed by atoms with E-state index >= 15 is 0 Å². The van der Waals surface area contributed by atoms with Gasteiger partial charge in [-0.2, -0.15) is 5.26 Å². The summed E-state index contributed by atoms with van der Waals surface area (Å²) < 4.78 is 5.74. The first-order valence-electron chi connectivity index (χ1n) is 6.78. The minimum Gasteiger partial charge on any atom is -0.380 e. The zero-order valence-electron chi connectivity index (χ0n) is 12.1. The van der Waals surface area contributed by atoms with Gasteiger partial charge in [0.15, 0.2) is 5.69 Å². The van der Waals surface area contributed by atoms with Crippen LogP contribution in [0.2, 0.25) is 0 Å². The third-order valence-corrected chi connectivity index (χ3v) is 3.53. The fourth-order valence-electron chi connectivity index (χ4n) is 2.21. The second kappa shape index (κ2) is 5.18. The predicted octanol–water partition coefficient (Wildman–Crippen LogP) is 3.01. The molecule has 0 saturated carbocycles. The highest BCUT2D eigenvalue weighted by Crippen LogP contribution is 2.29. The summed E-state index contributed by atoms with van der Waals surface area (Å²) in [5, 5.41) is 12.6. The molecule has 0 saturated heterocycles. The van der Waals surface area contributed by atoms with E-state index in [0.717, 1.165) is 24.2 Å². The molecule has 1 aliphatic heterocycles. The Balaban J connectivity index is 2.37. The molecule has 19 heavy (non-hydrogen) atoms. The van der Waals surface area contributed by atoms with Crippen molar-refractivity contribution in [2.75, 3.05) is 5.32 Å². The second-order valence-corrected chi connectivity index (χ2v) is 5.78. The molecule has 0 fully saturated rings. The summed E-state index contributed by atoms with van der Waals surface area (Å²) >= 11 is 0. The number of hydrogen-bond donors (Lipinski definition) is 1. The highest BCUT2D eigenvalue weighted by atomic mass is 16.5. The Kier molecular flexibility index (Phi) is 3.77. The summed E-state index contributed by atoms with van der Waals surface area (Å²) in [6.07, 6.45) is 1.84. The van der Waals surface area contributed by atoms with Gasteiger partial charge in [0.1, 0.15) is 6.07 Å². The van der Waals surface area contributed by atoms with Crippen LogP contribution in [0.25, 0.3) is 0 Å². The highest BCUT2D eigenvalue weighted by molar-refractivity contribution is 5.57. The van der Waals surface area contributed by atoms with E-state index in [0.29, 0.717) is 18.3 Å². The zero-order valence-corrected chi connectivity index (χ0v) is 12.1. The van der Waals surface area contributed by atoms with Crippen LogP contribution < -0.4 is 5.32 Å². The van der Waals surface area contributed by atoms with Gasteiger partial charge in [0.25, 0.3) is 0 Å². The van der Waals surface area contributed by atoms with Crippen LogP contribution in [-0.4, -0.2) is 16.6 Å². The summed E-state index contributed by atoms with van der Waals surface area (Å²) in [4.78, 5) is 4.44. The van der Waals surface area contributed by atoms with E-state index in [1.165, 1.54) is 5.56 Å². The molecule has 1 atom stereocenters. The van der Waals surface area contributed by atoms with Gasteiger partial charge >= 0.3 is 0 Å². The highest BCUT2D eigenvalue weighted by Gasteiger charge is 2.28. The summed E-state index contributed by atoms with van der Waals surface area (Å²) in [6, 6.07) is 4.57. The van der Waals surface area contributed by atoms with E-state index in [1.807, 2.05) is 0 Å². The fraction of sp³-hybridized carbons (Fsp3) is 0.600. The van der Waals surface area contributed by atoms with Gasteiger partial charge < -0.3 is 10.1 Å². The number of ether oxygens (including phenoxy) is 1. The number of nitrogens with one attached hydrogen (secondary N) is 1. The van der Waals surface area contributed by atoms with Crippen molar-refractivity contribution in [3.63, 3.8) is 0 Å². The maximum Gasteiger partial charge on any atom is 0.163 e. The number of nitriles is 1. The minimum absolute atomic E-state index is 0.156. The molecule has 102 valence electrons. The lowest BCUT2D eigenvalue weighted by Crippen LogP contribution is -2.32. The van der Waals surface area contributed by atoms with E-state index in [1.54, 1.807) is 0 Å². The van der Waals surface area contributed by atoms with Crippen LogP contribution in [0.1, 0.15) is 51.1 Å². The first kappa shape index (κ1) is 13.8.